The van der Waals surface area contributed by atoms with Gasteiger partial charge in [-0.3, -0.25) is 19.7 Å². The molecule has 0 saturated carbocycles. The number of nitrogens with zero attached hydrogens (tertiary/aromatic N) is 1. The number of carbonyl (C=O) groups is 3. The summed E-state index contributed by atoms with van der Waals surface area (Å²) in [5.41, 5.74) is 0.400. The van der Waals surface area contributed by atoms with E-state index in [2.05, 4.69) is 10.6 Å². The Morgan fingerprint density at radius 2 is 2.00 bits per heavy atom. The molecule has 0 aliphatic carbocycles. The van der Waals surface area contributed by atoms with Crippen molar-refractivity contribution in [1.29, 1.82) is 0 Å². The molecule has 1 atom stereocenters. The number of amides is 2. The quantitative estimate of drug-likeness (QED) is 0.538. The molecular formula is C19H25N3O5S. The summed E-state index contributed by atoms with van der Waals surface area (Å²) in [4.78, 5) is 38.3. The number of esters is 1. The Bertz CT molecular complexity index is 736. The van der Waals surface area contributed by atoms with Gasteiger partial charge in [0.2, 0.25) is 5.91 Å². The third kappa shape index (κ3) is 5.91. The number of hydrogen-bond donors (Lipinski definition) is 2. The largest absolute Gasteiger partial charge is 0.497 e. The second-order valence-electron chi connectivity index (χ2n) is 6.77. The zero-order valence-electron chi connectivity index (χ0n) is 16.2. The number of thiocarbonyl (C=S) groups is 1. The van der Waals surface area contributed by atoms with Gasteiger partial charge in [-0.2, -0.15) is 0 Å². The predicted octanol–water partition coefficient (Wildman–Crippen LogP) is 1.10. The van der Waals surface area contributed by atoms with E-state index < -0.39 is 17.9 Å². The van der Waals surface area contributed by atoms with Gasteiger partial charge in [-0.1, -0.05) is 13.8 Å². The van der Waals surface area contributed by atoms with Crippen LogP contribution in [-0.2, 0) is 14.3 Å². The van der Waals surface area contributed by atoms with Gasteiger partial charge in [0.15, 0.2) is 5.11 Å². The zero-order valence-corrected chi connectivity index (χ0v) is 17.0. The molecule has 9 heteroatoms. The first-order chi connectivity index (χ1) is 13.3. The van der Waals surface area contributed by atoms with Crippen molar-refractivity contribution in [1.82, 2.24) is 15.5 Å². The molecule has 0 bridgehead atoms. The molecule has 1 saturated heterocycles. The second-order valence-corrected chi connectivity index (χ2v) is 7.16. The number of hydrogen-bond acceptors (Lipinski definition) is 6. The fourth-order valence-electron chi connectivity index (χ4n) is 2.62. The van der Waals surface area contributed by atoms with E-state index in [1.165, 1.54) is 7.11 Å². The van der Waals surface area contributed by atoms with Crippen molar-refractivity contribution in [3.05, 3.63) is 29.8 Å². The van der Waals surface area contributed by atoms with E-state index in [4.69, 9.17) is 21.7 Å². The van der Waals surface area contributed by atoms with E-state index in [0.29, 0.717) is 24.4 Å². The number of ether oxygens (including phenoxy) is 2. The highest BCUT2D eigenvalue weighted by Crippen LogP contribution is 2.13. The van der Waals surface area contributed by atoms with Gasteiger partial charge in [0.05, 0.1) is 20.1 Å². The molecule has 1 fully saturated rings. The van der Waals surface area contributed by atoms with Gasteiger partial charge in [0.1, 0.15) is 11.8 Å². The van der Waals surface area contributed by atoms with Crippen LogP contribution in [0, 0.1) is 5.92 Å². The molecular weight excluding hydrogens is 382 g/mol. The van der Waals surface area contributed by atoms with E-state index in [1.807, 2.05) is 13.8 Å². The van der Waals surface area contributed by atoms with Crippen LogP contribution in [0.25, 0.3) is 0 Å². The highest BCUT2D eigenvalue weighted by Gasteiger charge is 2.34. The maximum Gasteiger partial charge on any atom is 0.308 e. The number of benzene rings is 1. The molecule has 1 aromatic rings. The molecule has 28 heavy (non-hydrogen) atoms. The maximum atomic E-state index is 12.4. The number of methoxy groups -OCH3 is 1. The van der Waals surface area contributed by atoms with Gasteiger partial charge in [-0.15, -0.1) is 0 Å². The minimum atomic E-state index is -0.822. The molecule has 1 unspecified atom stereocenters. The van der Waals surface area contributed by atoms with E-state index in [1.54, 1.807) is 29.2 Å². The Morgan fingerprint density at radius 3 is 2.61 bits per heavy atom. The minimum Gasteiger partial charge on any atom is -0.497 e. The van der Waals surface area contributed by atoms with Crippen molar-refractivity contribution in [3.63, 3.8) is 0 Å². The maximum absolute atomic E-state index is 12.4. The number of nitrogens with one attached hydrogen (secondary N) is 2. The summed E-state index contributed by atoms with van der Waals surface area (Å²) in [6, 6.07) is 5.73. The summed E-state index contributed by atoms with van der Waals surface area (Å²) in [5.74, 6) is -0.379. The zero-order chi connectivity index (χ0) is 20.7. The molecule has 152 valence electrons. The van der Waals surface area contributed by atoms with Crippen LogP contribution in [0.15, 0.2) is 24.3 Å². The summed E-state index contributed by atoms with van der Waals surface area (Å²) in [7, 11) is 1.54. The number of piperazine rings is 1. The van der Waals surface area contributed by atoms with Gasteiger partial charge >= 0.3 is 5.97 Å². The average Bonchev–Trinajstić information content (AvgIpc) is 2.67. The number of carbonyl (C=O) groups excluding carboxylic acids is 3. The third-order valence-corrected chi connectivity index (χ3v) is 4.44. The Morgan fingerprint density at radius 1 is 1.32 bits per heavy atom. The first kappa shape index (κ1) is 21.6. The lowest BCUT2D eigenvalue weighted by Crippen LogP contribution is -2.60. The van der Waals surface area contributed by atoms with Gasteiger partial charge in [0, 0.05) is 18.7 Å². The van der Waals surface area contributed by atoms with Crippen LogP contribution in [0.5, 0.6) is 5.75 Å². The van der Waals surface area contributed by atoms with Crippen molar-refractivity contribution in [3.8, 4) is 5.75 Å². The molecule has 0 radical (unpaired) electrons. The third-order valence-electron chi connectivity index (χ3n) is 4.10. The molecule has 1 heterocycles. The van der Waals surface area contributed by atoms with E-state index in [0.717, 1.165) is 0 Å². The van der Waals surface area contributed by atoms with Crippen LogP contribution >= 0.6 is 12.2 Å². The second kappa shape index (κ2) is 10.0. The lowest BCUT2D eigenvalue weighted by Gasteiger charge is -2.36. The van der Waals surface area contributed by atoms with Crippen molar-refractivity contribution in [2.45, 2.75) is 26.3 Å². The molecule has 1 aliphatic rings. The highest BCUT2D eigenvalue weighted by atomic mass is 32.1. The SMILES string of the molecule is COc1ccc(C(=O)NC(=S)N2CCNC(=O)C2CC(=O)OCC(C)C)cc1. The van der Waals surface area contributed by atoms with Crippen molar-refractivity contribution in [2.24, 2.45) is 5.92 Å². The van der Waals surface area contributed by atoms with Gasteiger partial charge in [0.25, 0.3) is 5.91 Å². The average molecular weight is 407 g/mol. The molecule has 2 N–H and O–H groups in total. The van der Waals surface area contributed by atoms with E-state index in [9.17, 15) is 14.4 Å². The smallest absolute Gasteiger partial charge is 0.308 e. The molecule has 2 amide bonds. The predicted molar refractivity (Wildman–Crippen MR) is 107 cm³/mol. The molecule has 8 nitrogen and oxygen atoms in total. The molecule has 0 spiro atoms. The van der Waals surface area contributed by atoms with Crippen LogP contribution in [-0.4, -0.2) is 60.6 Å². The van der Waals surface area contributed by atoms with Crippen LogP contribution < -0.4 is 15.4 Å². The van der Waals surface area contributed by atoms with Crippen molar-refractivity contribution >= 4 is 35.1 Å². The Hall–Kier alpha value is -2.68. The lowest BCUT2D eigenvalue weighted by atomic mass is 10.1. The topological polar surface area (TPSA) is 97.0 Å². The highest BCUT2D eigenvalue weighted by molar-refractivity contribution is 7.80. The first-order valence-electron chi connectivity index (χ1n) is 9.01. The minimum absolute atomic E-state index is 0.0947. The monoisotopic (exact) mass is 407 g/mol. The van der Waals surface area contributed by atoms with E-state index in [-0.39, 0.29) is 30.0 Å². The molecule has 0 aromatic heterocycles. The lowest BCUT2D eigenvalue weighted by molar-refractivity contribution is -0.148. The molecule has 1 aliphatic heterocycles. The Balaban J connectivity index is 2.02. The van der Waals surface area contributed by atoms with Crippen LogP contribution in [0.2, 0.25) is 0 Å². The summed E-state index contributed by atoms with van der Waals surface area (Å²) in [5, 5.41) is 5.43. The summed E-state index contributed by atoms with van der Waals surface area (Å²) < 4.78 is 10.2. The number of rotatable bonds is 6. The standard InChI is InChI=1S/C19H25N3O5S/c1-12(2)11-27-16(23)10-15-18(25)20-8-9-22(15)19(28)21-17(24)13-4-6-14(26-3)7-5-13/h4-7,12,15H,8-11H2,1-3H3,(H,20,25)(H,21,24,28). The van der Waals surface area contributed by atoms with Gasteiger partial charge in [-0.05, 0) is 42.4 Å². The summed E-state index contributed by atoms with van der Waals surface area (Å²) in [6.45, 7) is 4.89. The first-order valence-corrected chi connectivity index (χ1v) is 9.42. The van der Waals surface area contributed by atoms with Gasteiger partial charge < -0.3 is 19.7 Å². The van der Waals surface area contributed by atoms with Crippen LogP contribution in [0.3, 0.4) is 0 Å². The van der Waals surface area contributed by atoms with Crippen LogP contribution in [0.1, 0.15) is 30.6 Å². The normalized spacial score (nSPS) is 16.4. The van der Waals surface area contributed by atoms with Crippen molar-refractivity contribution < 1.29 is 23.9 Å². The summed E-state index contributed by atoms with van der Waals surface area (Å²) in [6.07, 6.45) is -0.142. The van der Waals surface area contributed by atoms with Crippen molar-refractivity contribution in [2.75, 3.05) is 26.8 Å². The fourth-order valence-corrected chi connectivity index (χ4v) is 2.93. The van der Waals surface area contributed by atoms with Crippen LogP contribution in [0.4, 0.5) is 0 Å². The van der Waals surface area contributed by atoms with Gasteiger partial charge in [-0.25, -0.2) is 0 Å². The van der Waals surface area contributed by atoms with E-state index >= 15 is 0 Å². The Kier molecular flexibility index (Phi) is 7.74. The molecule has 2 rings (SSSR count). The Labute approximate surface area is 169 Å². The fraction of sp³-hybridized carbons (Fsp3) is 0.474. The summed E-state index contributed by atoms with van der Waals surface area (Å²) >= 11 is 5.33. The molecule has 1 aromatic carbocycles.